The number of hydrogen-bond acceptors (Lipinski definition) is 6. The van der Waals surface area contributed by atoms with E-state index in [0.717, 1.165) is 51.6 Å². The van der Waals surface area contributed by atoms with Gasteiger partial charge in [-0.25, -0.2) is 9.36 Å². The Balaban J connectivity index is 0.000000170. The zero-order valence-electron chi connectivity index (χ0n) is 44.1. The molecule has 1 aliphatic heterocycles. The van der Waals surface area contributed by atoms with Crippen molar-refractivity contribution in [1.82, 2.24) is 19.6 Å². The average Bonchev–Trinajstić information content (AvgIpc) is 4.31. The minimum Gasteiger partial charge on any atom is -0.453 e. The second-order valence-corrected chi connectivity index (χ2v) is 23.6. The fourth-order valence-corrected chi connectivity index (χ4v) is 15.0. The van der Waals surface area contributed by atoms with Gasteiger partial charge in [-0.2, -0.15) is 5.10 Å². The molecule has 0 radical (unpaired) electrons. The van der Waals surface area contributed by atoms with Crippen LogP contribution in [0.1, 0.15) is 15.9 Å². The quantitative estimate of drug-likeness (QED) is 0.0496. The van der Waals surface area contributed by atoms with Gasteiger partial charge in [0.2, 0.25) is 0 Å². The van der Waals surface area contributed by atoms with E-state index in [1.54, 1.807) is 15.6 Å². The second-order valence-electron chi connectivity index (χ2n) is 18.7. The predicted octanol–water partition coefficient (Wildman–Crippen LogP) is 14.6. The number of para-hydroxylation sites is 6. The Morgan fingerprint density at radius 3 is 1.23 bits per heavy atom. The van der Waals surface area contributed by atoms with Crippen molar-refractivity contribution < 1.29 is 48.6 Å². The van der Waals surface area contributed by atoms with E-state index in [9.17, 15) is 22.1 Å². The van der Waals surface area contributed by atoms with E-state index in [2.05, 4.69) is 185 Å². The third kappa shape index (κ3) is 13.8. The number of ether oxygens (including phenoxy) is 2. The van der Waals surface area contributed by atoms with E-state index < -0.39 is 23.1 Å². The fourth-order valence-electron chi connectivity index (χ4n) is 9.68. The molecule has 16 heteroatoms. The number of anilines is 3. The molecule has 0 aliphatic carbocycles. The number of carbonyl (C=O) groups is 1. The Morgan fingerprint density at radius 1 is 0.422 bits per heavy atom. The molecule has 0 bridgehead atoms. The number of ketones is 1. The van der Waals surface area contributed by atoms with Crippen LogP contribution in [0, 0.1) is 0 Å². The first-order valence-electron chi connectivity index (χ1n) is 26.3. The molecule has 2 aromatic heterocycles. The van der Waals surface area contributed by atoms with Crippen molar-refractivity contribution in [3.05, 3.63) is 309 Å². The summed E-state index contributed by atoms with van der Waals surface area (Å²) in [7, 11) is -8.56. The topological polar surface area (TPSA) is 74.4 Å². The van der Waals surface area contributed by atoms with Gasteiger partial charge in [0.15, 0.2) is 34.6 Å². The number of aromatic nitrogens is 4. The maximum atomic E-state index is 13.3. The van der Waals surface area contributed by atoms with Crippen molar-refractivity contribution in [1.29, 1.82) is 0 Å². The van der Waals surface area contributed by atoms with Crippen molar-refractivity contribution in [2.75, 3.05) is 4.90 Å². The van der Waals surface area contributed by atoms with Gasteiger partial charge in [-0.05, 0) is 152 Å². The molecular weight excluding hydrogens is 1140 g/mol. The molecule has 412 valence electrons. The molecule has 10 aromatic carbocycles. The van der Waals surface area contributed by atoms with Crippen molar-refractivity contribution in [3.8, 4) is 34.5 Å². The summed E-state index contributed by atoms with van der Waals surface area (Å²) >= 11 is 0. The predicted molar refractivity (Wildman–Crippen MR) is 329 cm³/mol. The molecule has 3 heterocycles. The number of halogens is 4. The average molecular weight is 1190 g/mol. The minimum absolute atomic E-state index is 0. The molecule has 12 aromatic rings. The fraction of sp³-hybridized carbons (Fsp3) is 0. The van der Waals surface area contributed by atoms with Crippen LogP contribution in [0.5, 0.6) is 23.0 Å². The first-order valence-corrected chi connectivity index (χ1v) is 29.3. The third-order valence-corrected chi connectivity index (χ3v) is 18.9. The molecule has 0 spiro atoms. The number of rotatable bonds is 13. The number of hydrogen-bond donors (Lipinski definition) is 0. The molecule has 8 nitrogen and oxygen atoms in total. The van der Waals surface area contributed by atoms with E-state index in [0.29, 0.717) is 11.1 Å². The van der Waals surface area contributed by atoms with Gasteiger partial charge in [-0.3, -0.25) is 4.79 Å². The zero-order chi connectivity index (χ0) is 56.3. The SMILES string of the molecule is F[B-](F)(F)F.O=C(c1ccc(N2c3ccccc3Oc3ccccc32)cc1)c1ccc(-n2ccc(-n3cccn3)n2)cc1.[Cu+].c1ccc([PH+](c2ccccc2)c2ccccc2Oc2ccccc2[PH+](c2ccccc2)c2ccccc2)cc1. The maximum absolute atomic E-state index is 13.3. The van der Waals surface area contributed by atoms with Gasteiger partial charge >= 0.3 is 24.3 Å². The standard InChI is InChI=1S/C36H28OP2.C31H21N5O2.BF4.Cu/c1-5-17-29(18-6-1)38(30-19-7-2-8-20-30)35-27-15-13-25-33(35)37-34-26-14-16-28-36(34)39(31-21-9-3-10-22-31)32-23-11-4-12-24-32;37-31(22-10-14-24(15-11-22)34-21-18-30(33-34)35-20-5-19-32-35)23-12-16-25(17-13-23)36-26-6-1-3-8-28(26)38-29-9-4-2-7-27(29)36;2-1(3,4)5;/h1-28H;1-21H;;/q;;-1;+1/p+2. The number of fused-ring (bicyclic) bond motifs is 2. The van der Waals surface area contributed by atoms with Crippen LogP contribution in [0.3, 0.4) is 0 Å². The van der Waals surface area contributed by atoms with Gasteiger partial charge < -0.3 is 31.6 Å². The molecule has 0 atom stereocenters. The Bertz CT molecular complexity index is 3790. The molecule has 83 heavy (non-hydrogen) atoms. The molecule has 13 rings (SSSR count). The van der Waals surface area contributed by atoms with E-state index >= 15 is 0 Å². The van der Waals surface area contributed by atoms with Crippen molar-refractivity contribution in [2.24, 2.45) is 0 Å². The Labute approximate surface area is 491 Å². The molecule has 0 unspecified atom stereocenters. The van der Waals surface area contributed by atoms with Gasteiger partial charge in [0.05, 0.1) is 17.1 Å². The maximum Gasteiger partial charge on any atom is 1.00 e. The van der Waals surface area contributed by atoms with Crippen LogP contribution in [0.15, 0.2) is 298 Å². The van der Waals surface area contributed by atoms with Gasteiger partial charge in [-0.1, -0.05) is 121 Å². The molecule has 0 fully saturated rings. The van der Waals surface area contributed by atoms with E-state index in [4.69, 9.17) is 9.47 Å². The van der Waals surface area contributed by atoms with Crippen LogP contribution >= 0.6 is 15.8 Å². The summed E-state index contributed by atoms with van der Waals surface area (Å²) in [6.07, 6.45) is 5.43. The van der Waals surface area contributed by atoms with Crippen LogP contribution in [-0.4, -0.2) is 32.6 Å². The van der Waals surface area contributed by atoms with Gasteiger partial charge in [0.25, 0.3) is 0 Å². The first-order chi connectivity index (χ1) is 40.1. The van der Waals surface area contributed by atoms with Crippen LogP contribution < -0.4 is 46.2 Å². The normalized spacial score (nSPS) is 11.4. The first kappa shape index (κ1) is 57.1. The van der Waals surface area contributed by atoms with Crippen LogP contribution in [-0.2, 0) is 17.1 Å². The molecule has 1 aliphatic rings. The molecule has 0 amide bonds. The number of nitrogens with zero attached hydrogens (tertiary/aromatic N) is 5. The molecule has 0 saturated heterocycles. The smallest absolute Gasteiger partial charge is 0.453 e. The van der Waals surface area contributed by atoms with Crippen LogP contribution in [0.2, 0.25) is 0 Å². The summed E-state index contributed by atoms with van der Waals surface area (Å²) in [5.74, 6) is 4.12. The summed E-state index contributed by atoms with van der Waals surface area (Å²) in [6, 6.07) is 95.3. The van der Waals surface area contributed by atoms with Crippen molar-refractivity contribution in [3.63, 3.8) is 0 Å². The van der Waals surface area contributed by atoms with Gasteiger partial charge in [0.1, 0.15) is 47.7 Å². The molecular formula is C67H51BCuF4N5O3P2+2. The summed E-state index contributed by atoms with van der Waals surface area (Å²) < 4.78 is 55.5. The molecule has 0 N–H and O–H groups in total. The van der Waals surface area contributed by atoms with Crippen molar-refractivity contribution >= 4 is 77.8 Å². The largest absolute Gasteiger partial charge is 1.00 e. The summed E-state index contributed by atoms with van der Waals surface area (Å²) in [6.45, 7) is 0. The van der Waals surface area contributed by atoms with Crippen LogP contribution in [0.4, 0.5) is 34.3 Å². The van der Waals surface area contributed by atoms with Gasteiger partial charge in [0, 0.05) is 41.5 Å². The van der Waals surface area contributed by atoms with E-state index in [1.807, 2.05) is 122 Å². The summed E-state index contributed by atoms with van der Waals surface area (Å²) in [4.78, 5) is 15.4. The Kier molecular flexibility index (Phi) is 18.3. The zero-order valence-corrected chi connectivity index (χ0v) is 47.1. The van der Waals surface area contributed by atoms with Crippen molar-refractivity contribution in [2.45, 2.75) is 0 Å². The number of carbonyl (C=O) groups excluding carboxylic acids is 1. The van der Waals surface area contributed by atoms with Gasteiger partial charge in [-0.15, -0.1) is 5.10 Å². The Hall–Kier alpha value is -9.15. The summed E-state index contributed by atoms with van der Waals surface area (Å²) in [5.41, 5.74) is 4.96. The molecule has 0 saturated carbocycles. The van der Waals surface area contributed by atoms with E-state index in [1.165, 1.54) is 31.8 Å². The third-order valence-electron chi connectivity index (χ3n) is 13.3. The van der Waals surface area contributed by atoms with E-state index in [-0.39, 0.29) is 22.9 Å². The summed E-state index contributed by atoms with van der Waals surface area (Å²) in [5, 5.41) is 16.7. The monoisotopic (exact) mass is 1190 g/mol. The number of benzene rings is 10. The Morgan fingerprint density at radius 2 is 0.807 bits per heavy atom. The minimum atomic E-state index is -6.00. The van der Waals surface area contributed by atoms with Crippen LogP contribution in [0.25, 0.3) is 11.5 Å². The second kappa shape index (κ2) is 26.6.